The first kappa shape index (κ1) is 20.1. The minimum Gasteiger partial charge on any atom is -0.469 e. The highest BCUT2D eigenvalue weighted by Crippen LogP contribution is 2.39. The minimum atomic E-state index is -0.677. The number of likely N-dealkylation sites (tertiary alicyclic amines) is 2. The standard InChI is InChI=1S/C22H28N2O4/c1-4-19(25)23-12-10-22(11-13-23,17-8-6-5-7-9-17)21(27)24-14-16(2)18(15-24)20(26)28-3/h4-9,16,18H,1,10-15H2,2-3H3/t16-,18-/m1/s1. The summed E-state index contributed by atoms with van der Waals surface area (Å²) in [7, 11) is 1.39. The SMILES string of the molecule is C=CC(=O)N1CCC(C(=O)N2C[C@@H](C)[C@H](C(=O)OC)C2)(c2ccccc2)CC1. The number of piperidine rings is 1. The molecule has 2 fully saturated rings. The normalized spacial score (nSPS) is 23.9. The van der Waals surface area contributed by atoms with Gasteiger partial charge in [0.25, 0.3) is 0 Å². The molecule has 2 heterocycles. The second-order valence-corrected chi connectivity index (χ2v) is 7.79. The molecular formula is C22H28N2O4. The quantitative estimate of drug-likeness (QED) is 0.588. The number of hydrogen-bond donors (Lipinski definition) is 0. The van der Waals surface area contributed by atoms with Gasteiger partial charge in [-0.1, -0.05) is 43.8 Å². The van der Waals surface area contributed by atoms with Crippen molar-refractivity contribution < 1.29 is 19.1 Å². The van der Waals surface area contributed by atoms with Crippen LogP contribution in [0.3, 0.4) is 0 Å². The summed E-state index contributed by atoms with van der Waals surface area (Å²) in [5, 5.41) is 0. The number of rotatable bonds is 4. The van der Waals surface area contributed by atoms with E-state index in [4.69, 9.17) is 4.74 Å². The Balaban J connectivity index is 1.87. The van der Waals surface area contributed by atoms with Crippen LogP contribution in [-0.4, -0.2) is 60.9 Å². The summed E-state index contributed by atoms with van der Waals surface area (Å²) in [4.78, 5) is 41.3. The van der Waals surface area contributed by atoms with Crippen molar-refractivity contribution in [2.24, 2.45) is 11.8 Å². The third-order valence-electron chi connectivity index (χ3n) is 6.24. The number of hydrogen-bond acceptors (Lipinski definition) is 4. The van der Waals surface area contributed by atoms with E-state index in [0.717, 1.165) is 5.56 Å². The van der Waals surface area contributed by atoms with E-state index in [-0.39, 0.29) is 29.6 Å². The minimum absolute atomic E-state index is 0.0441. The maximum absolute atomic E-state index is 13.7. The van der Waals surface area contributed by atoms with Gasteiger partial charge in [-0.05, 0) is 30.4 Å². The van der Waals surface area contributed by atoms with Crippen molar-refractivity contribution in [1.29, 1.82) is 0 Å². The monoisotopic (exact) mass is 384 g/mol. The fourth-order valence-corrected chi connectivity index (χ4v) is 4.51. The van der Waals surface area contributed by atoms with Crippen molar-refractivity contribution in [3.8, 4) is 0 Å². The Bertz CT molecular complexity index is 753. The highest BCUT2D eigenvalue weighted by molar-refractivity contribution is 5.91. The molecule has 0 unspecified atom stereocenters. The predicted molar refractivity (Wildman–Crippen MR) is 105 cm³/mol. The average Bonchev–Trinajstić information content (AvgIpc) is 3.14. The van der Waals surface area contributed by atoms with E-state index >= 15 is 0 Å². The number of methoxy groups -OCH3 is 1. The Morgan fingerprint density at radius 3 is 2.32 bits per heavy atom. The van der Waals surface area contributed by atoms with Crippen LogP contribution in [0.1, 0.15) is 25.3 Å². The van der Waals surface area contributed by atoms with Crippen LogP contribution in [-0.2, 0) is 24.5 Å². The van der Waals surface area contributed by atoms with E-state index in [1.54, 1.807) is 4.90 Å². The molecule has 2 amide bonds. The highest BCUT2D eigenvalue weighted by atomic mass is 16.5. The molecule has 6 heteroatoms. The van der Waals surface area contributed by atoms with Crippen LogP contribution in [0.4, 0.5) is 0 Å². The topological polar surface area (TPSA) is 66.9 Å². The van der Waals surface area contributed by atoms with Crippen molar-refractivity contribution in [3.63, 3.8) is 0 Å². The molecule has 0 aromatic heterocycles. The summed E-state index contributed by atoms with van der Waals surface area (Å²) in [5.74, 6) is -0.545. The third kappa shape index (κ3) is 3.55. The van der Waals surface area contributed by atoms with Gasteiger partial charge in [0, 0.05) is 26.2 Å². The summed E-state index contributed by atoms with van der Waals surface area (Å²) < 4.78 is 4.91. The molecular weight excluding hydrogens is 356 g/mol. The number of amides is 2. The average molecular weight is 384 g/mol. The largest absolute Gasteiger partial charge is 0.469 e. The molecule has 2 aliphatic heterocycles. The fraction of sp³-hybridized carbons (Fsp3) is 0.500. The lowest BCUT2D eigenvalue weighted by molar-refractivity contribution is -0.146. The zero-order valence-electron chi connectivity index (χ0n) is 16.6. The summed E-state index contributed by atoms with van der Waals surface area (Å²) in [6.45, 7) is 7.49. The first-order chi connectivity index (χ1) is 13.4. The Hall–Kier alpha value is -2.63. The summed E-state index contributed by atoms with van der Waals surface area (Å²) in [6, 6.07) is 9.79. The van der Waals surface area contributed by atoms with Crippen molar-refractivity contribution >= 4 is 17.8 Å². The molecule has 0 bridgehead atoms. The predicted octanol–water partition coefficient (Wildman–Crippen LogP) is 2.00. The summed E-state index contributed by atoms with van der Waals surface area (Å²) in [5.41, 5.74) is 0.295. The lowest BCUT2D eigenvalue weighted by Crippen LogP contribution is -2.53. The maximum atomic E-state index is 13.7. The number of carbonyl (C=O) groups is 3. The van der Waals surface area contributed by atoms with Gasteiger partial charge < -0.3 is 14.5 Å². The molecule has 2 atom stereocenters. The molecule has 3 rings (SSSR count). The van der Waals surface area contributed by atoms with Gasteiger partial charge in [-0.25, -0.2) is 0 Å². The van der Waals surface area contributed by atoms with E-state index in [1.807, 2.05) is 42.2 Å². The molecule has 0 aliphatic carbocycles. The lowest BCUT2D eigenvalue weighted by Gasteiger charge is -2.42. The Kier molecular flexibility index (Phi) is 5.87. The number of esters is 1. The van der Waals surface area contributed by atoms with E-state index in [2.05, 4.69) is 6.58 Å². The van der Waals surface area contributed by atoms with Gasteiger partial charge >= 0.3 is 5.97 Å². The molecule has 2 saturated heterocycles. The highest BCUT2D eigenvalue weighted by Gasteiger charge is 2.48. The van der Waals surface area contributed by atoms with E-state index < -0.39 is 5.41 Å². The summed E-state index contributed by atoms with van der Waals surface area (Å²) >= 11 is 0. The molecule has 0 N–H and O–H groups in total. The Morgan fingerprint density at radius 1 is 1.11 bits per heavy atom. The van der Waals surface area contributed by atoms with Gasteiger partial charge in [-0.3, -0.25) is 14.4 Å². The van der Waals surface area contributed by atoms with Gasteiger partial charge in [0.15, 0.2) is 0 Å². The van der Waals surface area contributed by atoms with Crippen LogP contribution in [0.5, 0.6) is 0 Å². The van der Waals surface area contributed by atoms with Crippen molar-refractivity contribution in [2.75, 3.05) is 33.3 Å². The number of carbonyl (C=O) groups excluding carboxylic acids is 3. The first-order valence-corrected chi connectivity index (χ1v) is 9.77. The van der Waals surface area contributed by atoms with Gasteiger partial charge in [0.1, 0.15) is 0 Å². The van der Waals surface area contributed by atoms with Crippen molar-refractivity contribution in [2.45, 2.75) is 25.2 Å². The number of benzene rings is 1. The molecule has 1 aromatic rings. The summed E-state index contributed by atoms with van der Waals surface area (Å²) in [6.07, 6.45) is 2.44. The lowest BCUT2D eigenvalue weighted by atomic mass is 9.71. The molecule has 2 aliphatic rings. The van der Waals surface area contributed by atoms with E-state index in [9.17, 15) is 14.4 Å². The number of ether oxygens (including phenoxy) is 1. The molecule has 0 radical (unpaired) electrons. The Morgan fingerprint density at radius 2 is 1.75 bits per heavy atom. The van der Waals surface area contributed by atoms with Crippen LogP contribution in [0.2, 0.25) is 0 Å². The van der Waals surface area contributed by atoms with Gasteiger partial charge in [0.05, 0.1) is 18.4 Å². The molecule has 0 spiro atoms. The second kappa shape index (κ2) is 8.17. The first-order valence-electron chi connectivity index (χ1n) is 9.77. The van der Waals surface area contributed by atoms with Crippen molar-refractivity contribution in [3.05, 3.63) is 48.6 Å². The van der Waals surface area contributed by atoms with Crippen LogP contribution >= 0.6 is 0 Å². The van der Waals surface area contributed by atoms with E-state index in [1.165, 1.54) is 13.2 Å². The molecule has 0 saturated carbocycles. The molecule has 6 nitrogen and oxygen atoms in total. The zero-order valence-corrected chi connectivity index (χ0v) is 16.6. The molecule has 28 heavy (non-hydrogen) atoms. The Labute approximate surface area is 166 Å². The molecule has 1 aromatic carbocycles. The van der Waals surface area contributed by atoms with Gasteiger partial charge in [-0.2, -0.15) is 0 Å². The fourth-order valence-electron chi connectivity index (χ4n) is 4.51. The second-order valence-electron chi connectivity index (χ2n) is 7.79. The van der Waals surface area contributed by atoms with E-state index in [0.29, 0.717) is 39.0 Å². The van der Waals surface area contributed by atoms with Gasteiger partial charge in [0.2, 0.25) is 11.8 Å². The maximum Gasteiger partial charge on any atom is 0.310 e. The van der Waals surface area contributed by atoms with Gasteiger partial charge in [-0.15, -0.1) is 0 Å². The van der Waals surface area contributed by atoms with Crippen LogP contribution < -0.4 is 0 Å². The van der Waals surface area contributed by atoms with Crippen LogP contribution in [0.25, 0.3) is 0 Å². The zero-order chi connectivity index (χ0) is 20.3. The molecule has 150 valence electrons. The van der Waals surface area contributed by atoms with Crippen molar-refractivity contribution in [1.82, 2.24) is 9.80 Å². The number of nitrogens with zero attached hydrogens (tertiary/aromatic N) is 2. The smallest absolute Gasteiger partial charge is 0.310 e. The van der Waals surface area contributed by atoms with Crippen LogP contribution in [0, 0.1) is 11.8 Å². The van der Waals surface area contributed by atoms with Crippen LogP contribution in [0.15, 0.2) is 43.0 Å². The third-order valence-corrected chi connectivity index (χ3v) is 6.24.